The number of halogens is 1. The van der Waals surface area contributed by atoms with Crippen LogP contribution in [0.15, 0.2) is 0 Å². The Morgan fingerprint density at radius 1 is 0.704 bits per heavy atom. The second-order valence-corrected chi connectivity index (χ2v) is 9.25. The van der Waals surface area contributed by atoms with Gasteiger partial charge in [-0.15, -0.1) is 0 Å². The topological polar surface area (TPSA) is 29.1 Å². The first-order valence-electron chi connectivity index (χ1n) is 11.8. The van der Waals surface area contributed by atoms with Crippen LogP contribution in [-0.2, 0) is 4.79 Å². The zero-order chi connectivity index (χ0) is 20.5. The zero-order valence-corrected chi connectivity index (χ0v) is 19.0. The van der Waals surface area contributed by atoms with Crippen molar-refractivity contribution in [1.29, 1.82) is 0 Å². The van der Waals surface area contributed by atoms with E-state index in [-0.39, 0.29) is 24.3 Å². The van der Waals surface area contributed by atoms with E-state index in [4.69, 9.17) is 0 Å². The number of unbranched alkanes of at least 4 members (excludes halogenated alkanes) is 10. The quantitative estimate of drug-likeness (QED) is 0.244. The minimum Gasteiger partial charge on any atom is -0.353 e. The van der Waals surface area contributed by atoms with Crippen molar-refractivity contribution in [3.63, 3.8) is 0 Å². The molecule has 0 spiro atoms. The van der Waals surface area contributed by atoms with Crippen LogP contribution >= 0.6 is 0 Å². The lowest BCUT2D eigenvalue weighted by atomic mass is 9.97. The molecule has 0 saturated heterocycles. The molecule has 2 nitrogen and oxygen atoms in total. The van der Waals surface area contributed by atoms with Crippen LogP contribution in [0.4, 0.5) is 4.39 Å². The number of carbonyl (C=O) groups is 1. The SMILES string of the molecule is CC(C)CCCCCCCCCCCCCC(C)C(F)CNC(=O)C(C)C. The van der Waals surface area contributed by atoms with Gasteiger partial charge in [0.15, 0.2) is 0 Å². The van der Waals surface area contributed by atoms with E-state index in [0.717, 1.165) is 18.8 Å². The van der Waals surface area contributed by atoms with Crippen LogP contribution in [0.2, 0.25) is 0 Å². The molecule has 0 fully saturated rings. The molecule has 1 amide bonds. The molecule has 3 heteroatoms. The molecule has 162 valence electrons. The Bertz CT molecular complexity index is 343. The third-order valence-electron chi connectivity index (χ3n) is 5.55. The Hall–Kier alpha value is -0.600. The van der Waals surface area contributed by atoms with Gasteiger partial charge in [0.2, 0.25) is 5.91 Å². The van der Waals surface area contributed by atoms with E-state index in [0.29, 0.717) is 0 Å². The lowest BCUT2D eigenvalue weighted by Gasteiger charge is -2.18. The van der Waals surface area contributed by atoms with E-state index in [1.807, 2.05) is 20.8 Å². The largest absolute Gasteiger partial charge is 0.353 e. The van der Waals surface area contributed by atoms with E-state index >= 15 is 0 Å². The first-order valence-corrected chi connectivity index (χ1v) is 11.8. The van der Waals surface area contributed by atoms with Crippen LogP contribution in [0.25, 0.3) is 0 Å². The van der Waals surface area contributed by atoms with Crippen LogP contribution in [0, 0.1) is 17.8 Å². The number of nitrogens with one attached hydrogen (secondary N) is 1. The summed E-state index contributed by atoms with van der Waals surface area (Å²) < 4.78 is 14.1. The highest BCUT2D eigenvalue weighted by Crippen LogP contribution is 2.18. The molecule has 1 N–H and O–H groups in total. The van der Waals surface area contributed by atoms with Gasteiger partial charge >= 0.3 is 0 Å². The van der Waals surface area contributed by atoms with Crippen molar-refractivity contribution >= 4 is 5.91 Å². The van der Waals surface area contributed by atoms with E-state index in [1.165, 1.54) is 70.6 Å². The molecule has 0 aliphatic rings. The summed E-state index contributed by atoms with van der Waals surface area (Å²) in [7, 11) is 0. The molecule has 0 aliphatic heterocycles. The standard InChI is InChI=1S/C24H48FNO/c1-20(2)17-15-13-11-9-7-6-8-10-12-14-16-18-22(5)23(25)19-26-24(27)21(3)4/h20-23H,6-19H2,1-5H3,(H,26,27). The molecule has 2 atom stereocenters. The van der Waals surface area contributed by atoms with E-state index in [9.17, 15) is 9.18 Å². The number of hydrogen-bond acceptors (Lipinski definition) is 1. The summed E-state index contributed by atoms with van der Waals surface area (Å²) in [5.41, 5.74) is 0. The Morgan fingerprint density at radius 2 is 1.11 bits per heavy atom. The lowest BCUT2D eigenvalue weighted by Crippen LogP contribution is -2.35. The lowest BCUT2D eigenvalue weighted by molar-refractivity contribution is -0.124. The fourth-order valence-electron chi connectivity index (χ4n) is 3.39. The molecule has 0 radical (unpaired) electrons. The second kappa shape index (κ2) is 17.5. The predicted molar refractivity (Wildman–Crippen MR) is 117 cm³/mol. The van der Waals surface area contributed by atoms with Crippen LogP contribution in [-0.4, -0.2) is 18.6 Å². The fourth-order valence-corrected chi connectivity index (χ4v) is 3.39. The van der Waals surface area contributed by atoms with Crippen molar-refractivity contribution in [3.05, 3.63) is 0 Å². The zero-order valence-electron chi connectivity index (χ0n) is 19.0. The molecular weight excluding hydrogens is 337 g/mol. The number of rotatable bonds is 18. The monoisotopic (exact) mass is 385 g/mol. The van der Waals surface area contributed by atoms with Crippen LogP contribution in [0.5, 0.6) is 0 Å². The minimum atomic E-state index is -0.923. The third kappa shape index (κ3) is 17.2. The third-order valence-corrected chi connectivity index (χ3v) is 5.55. The van der Waals surface area contributed by atoms with E-state index in [2.05, 4.69) is 19.2 Å². The number of amides is 1. The van der Waals surface area contributed by atoms with Gasteiger partial charge in [0.05, 0.1) is 0 Å². The Balaban J connectivity index is 3.37. The maximum Gasteiger partial charge on any atom is 0.222 e. The van der Waals surface area contributed by atoms with Gasteiger partial charge in [0.1, 0.15) is 6.17 Å². The van der Waals surface area contributed by atoms with Crippen LogP contribution in [0.3, 0.4) is 0 Å². The molecule has 0 heterocycles. The van der Waals surface area contributed by atoms with Gasteiger partial charge in [-0.25, -0.2) is 4.39 Å². The van der Waals surface area contributed by atoms with Crippen molar-refractivity contribution < 1.29 is 9.18 Å². The van der Waals surface area contributed by atoms with Crippen LogP contribution in [0.1, 0.15) is 118 Å². The number of alkyl halides is 1. The first kappa shape index (κ1) is 26.4. The number of carbonyl (C=O) groups excluding carboxylic acids is 1. The van der Waals surface area contributed by atoms with Crippen molar-refractivity contribution in [2.75, 3.05) is 6.54 Å². The second-order valence-electron chi connectivity index (χ2n) is 9.25. The summed E-state index contributed by atoms with van der Waals surface area (Å²) in [6, 6.07) is 0. The molecule has 27 heavy (non-hydrogen) atoms. The van der Waals surface area contributed by atoms with Crippen LogP contribution < -0.4 is 5.32 Å². The van der Waals surface area contributed by atoms with Crippen molar-refractivity contribution in [2.45, 2.75) is 124 Å². The van der Waals surface area contributed by atoms with Gasteiger partial charge in [0, 0.05) is 12.5 Å². The summed E-state index contributed by atoms with van der Waals surface area (Å²) in [6.45, 7) is 10.4. The fraction of sp³-hybridized carbons (Fsp3) is 0.958. The highest BCUT2D eigenvalue weighted by Gasteiger charge is 2.17. The Labute approximate surface area is 169 Å². The Morgan fingerprint density at radius 3 is 1.52 bits per heavy atom. The van der Waals surface area contributed by atoms with Gasteiger partial charge in [-0.2, -0.15) is 0 Å². The Kier molecular flexibility index (Phi) is 17.1. The normalized spacial score (nSPS) is 13.9. The maximum absolute atomic E-state index is 14.1. The van der Waals surface area contributed by atoms with Gasteiger partial charge in [-0.1, -0.05) is 112 Å². The molecular formula is C24H48FNO. The average molecular weight is 386 g/mol. The van der Waals surface area contributed by atoms with Gasteiger partial charge < -0.3 is 5.32 Å². The van der Waals surface area contributed by atoms with Crippen molar-refractivity contribution in [1.82, 2.24) is 5.32 Å². The molecule has 0 aromatic heterocycles. The predicted octanol–water partition coefficient (Wildman–Crippen LogP) is 7.46. The summed E-state index contributed by atoms with van der Waals surface area (Å²) in [5, 5.41) is 2.70. The van der Waals surface area contributed by atoms with E-state index < -0.39 is 6.17 Å². The molecule has 2 unspecified atom stereocenters. The summed E-state index contributed by atoms with van der Waals surface area (Å²) >= 11 is 0. The molecule has 0 rings (SSSR count). The van der Waals surface area contributed by atoms with Gasteiger partial charge in [0.25, 0.3) is 0 Å². The highest BCUT2D eigenvalue weighted by molar-refractivity contribution is 5.77. The molecule has 0 saturated carbocycles. The smallest absolute Gasteiger partial charge is 0.222 e. The summed E-state index contributed by atoms with van der Waals surface area (Å²) in [6.07, 6.45) is 16.1. The summed E-state index contributed by atoms with van der Waals surface area (Å²) in [4.78, 5) is 11.5. The highest BCUT2D eigenvalue weighted by atomic mass is 19.1. The van der Waals surface area contributed by atoms with E-state index in [1.54, 1.807) is 0 Å². The molecule has 0 aromatic carbocycles. The molecule has 0 bridgehead atoms. The first-order chi connectivity index (χ1) is 12.8. The average Bonchev–Trinajstić information content (AvgIpc) is 2.62. The number of hydrogen-bond donors (Lipinski definition) is 1. The van der Waals surface area contributed by atoms with Gasteiger partial charge in [-0.3, -0.25) is 4.79 Å². The molecule has 0 aromatic rings. The molecule has 0 aliphatic carbocycles. The van der Waals surface area contributed by atoms with Crippen molar-refractivity contribution in [3.8, 4) is 0 Å². The summed E-state index contributed by atoms with van der Waals surface area (Å²) in [5.74, 6) is 0.764. The van der Waals surface area contributed by atoms with Crippen molar-refractivity contribution in [2.24, 2.45) is 17.8 Å². The van der Waals surface area contributed by atoms with Gasteiger partial charge in [-0.05, 0) is 18.3 Å². The minimum absolute atomic E-state index is 0.0353. The maximum atomic E-state index is 14.1.